The Morgan fingerprint density at radius 3 is 2.27 bits per heavy atom. The maximum Gasteiger partial charge on any atom is 0.416 e. The van der Waals surface area contributed by atoms with Crippen molar-refractivity contribution < 1.29 is 46.1 Å². The van der Waals surface area contributed by atoms with Crippen molar-refractivity contribution >= 4 is 17.9 Å². The molecule has 2 atom stereocenters. The largest absolute Gasteiger partial charge is 0.493 e. The van der Waals surface area contributed by atoms with Gasteiger partial charge in [-0.2, -0.15) is 13.2 Å². The standard InChI is InChI=1S/C25H28F4N2O6/c1-6-37-24(33)31-14(2)7-19(18-11-21(34-3)22(35-4)12-20(18)31)30(23(32)36-5)13-15-8-16(25(27,28)29)10-17(26)9-15/h8-12,14,19H,6-7,13H2,1-5H3. The second-order valence-corrected chi connectivity index (χ2v) is 8.38. The Labute approximate surface area is 211 Å². The number of ether oxygens (including phenoxy) is 4. The molecule has 0 N–H and O–H groups in total. The van der Waals surface area contributed by atoms with E-state index in [0.29, 0.717) is 28.8 Å². The summed E-state index contributed by atoms with van der Waals surface area (Å²) in [7, 11) is 3.97. The first-order valence-corrected chi connectivity index (χ1v) is 11.4. The highest BCUT2D eigenvalue weighted by molar-refractivity contribution is 5.91. The number of fused-ring (bicyclic) bond motifs is 1. The third-order valence-corrected chi connectivity index (χ3v) is 6.04. The van der Waals surface area contributed by atoms with Crippen LogP contribution in [0.4, 0.5) is 32.8 Å². The van der Waals surface area contributed by atoms with E-state index in [9.17, 15) is 27.2 Å². The van der Waals surface area contributed by atoms with Gasteiger partial charge in [0.1, 0.15) is 5.82 Å². The molecule has 12 heteroatoms. The average molecular weight is 528 g/mol. The lowest BCUT2D eigenvalue weighted by molar-refractivity contribution is -0.137. The SMILES string of the molecule is CCOC(=O)N1c2cc(OC)c(OC)cc2C(N(Cc2cc(F)cc(C(F)(F)F)c2)C(=O)OC)CC1C. The molecule has 37 heavy (non-hydrogen) atoms. The van der Waals surface area contributed by atoms with Crippen LogP contribution in [0.5, 0.6) is 11.5 Å². The molecule has 202 valence electrons. The molecule has 3 rings (SSSR count). The van der Waals surface area contributed by atoms with Gasteiger partial charge in [-0.3, -0.25) is 9.80 Å². The Morgan fingerprint density at radius 1 is 1.05 bits per heavy atom. The van der Waals surface area contributed by atoms with Crippen LogP contribution in [0.25, 0.3) is 0 Å². The van der Waals surface area contributed by atoms with Crippen LogP contribution >= 0.6 is 0 Å². The Bertz CT molecular complexity index is 1160. The van der Waals surface area contributed by atoms with Gasteiger partial charge in [-0.25, -0.2) is 14.0 Å². The molecule has 2 unspecified atom stereocenters. The van der Waals surface area contributed by atoms with Crippen LogP contribution in [0.3, 0.4) is 0 Å². The van der Waals surface area contributed by atoms with Crippen LogP contribution in [0.2, 0.25) is 0 Å². The maximum absolute atomic E-state index is 14.1. The van der Waals surface area contributed by atoms with E-state index in [-0.39, 0.29) is 18.6 Å². The van der Waals surface area contributed by atoms with Gasteiger partial charge in [-0.15, -0.1) is 0 Å². The van der Waals surface area contributed by atoms with Crippen molar-refractivity contribution in [1.82, 2.24) is 4.90 Å². The molecule has 2 amide bonds. The van der Waals surface area contributed by atoms with Crippen LogP contribution in [-0.2, 0) is 22.2 Å². The summed E-state index contributed by atoms with van der Waals surface area (Å²) >= 11 is 0. The fourth-order valence-corrected chi connectivity index (χ4v) is 4.44. The van der Waals surface area contributed by atoms with Crippen molar-refractivity contribution in [2.24, 2.45) is 0 Å². The summed E-state index contributed by atoms with van der Waals surface area (Å²) in [5.74, 6) is -0.473. The number of anilines is 1. The molecule has 1 aliphatic heterocycles. The van der Waals surface area contributed by atoms with Crippen LogP contribution < -0.4 is 14.4 Å². The van der Waals surface area contributed by atoms with Gasteiger partial charge < -0.3 is 18.9 Å². The number of rotatable bonds is 6. The zero-order chi connectivity index (χ0) is 27.5. The van der Waals surface area contributed by atoms with Gasteiger partial charge in [0.25, 0.3) is 0 Å². The molecule has 1 aliphatic rings. The van der Waals surface area contributed by atoms with E-state index in [4.69, 9.17) is 18.9 Å². The molecular formula is C25H28F4N2O6. The number of halogens is 4. The number of carbonyl (C=O) groups is 2. The lowest BCUT2D eigenvalue weighted by Crippen LogP contribution is -2.47. The van der Waals surface area contributed by atoms with Gasteiger partial charge in [0.15, 0.2) is 11.5 Å². The summed E-state index contributed by atoms with van der Waals surface area (Å²) < 4.78 is 75.0. The molecule has 2 aromatic rings. The molecule has 0 aromatic heterocycles. The number of nitrogens with zero attached hydrogens (tertiary/aromatic N) is 2. The summed E-state index contributed by atoms with van der Waals surface area (Å²) in [6, 6.07) is 3.97. The molecular weight excluding hydrogens is 500 g/mol. The molecule has 2 aromatic carbocycles. The lowest BCUT2D eigenvalue weighted by Gasteiger charge is -2.42. The molecule has 8 nitrogen and oxygen atoms in total. The number of benzene rings is 2. The maximum atomic E-state index is 14.1. The molecule has 0 radical (unpaired) electrons. The van der Waals surface area contributed by atoms with Crippen molar-refractivity contribution in [3.63, 3.8) is 0 Å². The van der Waals surface area contributed by atoms with Gasteiger partial charge in [-0.1, -0.05) is 0 Å². The monoisotopic (exact) mass is 528 g/mol. The predicted octanol–water partition coefficient (Wildman–Crippen LogP) is 5.93. The Hall–Kier alpha value is -3.70. The van der Waals surface area contributed by atoms with Gasteiger partial charge in [0.05, 0.1) is 45.2 Å². The van der Waals surface area contributed by atoms with Gasteiger partial charge >= 0.3 is 18.4 Å². The Kier molecular flexibility index (Phi) is 8.39. The van der Waals surface area contributed by atoms with Crippen molar-refractivity contribution in [1.29, 1.82) is 0 Å². The molecule has 0 fully saturated rings. The first kappa shape index (κ1) is 27.9. The summed E-state index contributed by atoms with van der Waals surface area (Å²) in [5.41, 5.74) is -0.449. The highest BCUT2D eigenvalue weighted by Crippen LogP contribution is 2.46. The van der Waals surface area contributed by atoms with E-state index in [1.54, 1.807) is 26.0 Å². The summed E-state index contributed by atoms with van der Waals surface area (Å²) in [6.45, 7) is 3.14. The number of amides is 2. The molecule has 1 heterocycles. The van der Waals surface area contributed by atoms with Crippen LogP contribution in [0.15, 0.2) is 30.3 Å². The Morgan fingerprint density at radius 2 is 1.70 bits per heavy atom. The fraction of sp³-hybridized carbons (Fsp3) is 0.440. The van der Waals surface area contributed by atoms with Crippen LogP contribution in [-0.4, -0.2) is 51.1 Å². The van der Waals surface area contributed by atoms with E-state index in [0.717, 1.165) is 19.2 Å². The van der Waals surface area contributed by atoms with Crippen molar-refractivity contribution in [2.75, 3.05) is 32.8 Å². The zero-order valence-electron chi connectivity index (χ0n) is 21.0. The number of carbonyl (C=O) groups excluding carboxylic acids is 2. The highest BCUT2D eigenvalue weighted by Gasteiger charge is 2.40. The highest BCUT2D eigenvalue weighted by atomic mass is 19.4. The van der Waals surface area contributed by atoms with Gasteiger partial charge in [-0.05, 0) is 50.1 Å². The number of alkyl halides is 3. The minimum atomic E-state index is -4.77. The fourth-order valence-electron chi connectivity index (χ4n) is 4.44. The van der Waals surface area contributed by atoms with Crippen molar-refractivity contribution in [3.8, 4) is 11.5 Å². The topological polar surface area (TPSA) is 77.5 Å². The van der Waals surface area contributed by atoms with E-state index >= 15 is 0 Å². The first-order chi connectivity index (χ1) is 17.4. The van der Waals surface area contributed by atoms with Gasteiger partial charge in [0.2, 0.25) is 0 Å². The van der Waals surface area contributed by atoms with Crippen molar-refractivity contribution in [2.45, 2.75) is 45.1 Å². The van der Waals surface area contributed by atoms with E-state index in [2.05, 4.69) is 0 Å². The van der Waals surface area contributed by atoms with Crippen molar-refractivity contribution in [3.05, 3.63) is 52.8 Å². The molecule has 0 saturated carbocycles. The minimum absolute atomic E-state index is 0.0831. The lowest BCUT2D eigenvalue weighted by atomic mass is 9.90. The molecule has 0 saturated heterocycles. The first-order valence-electron chi connectivity index (χ1n) is 11.4. The van der Waals surface area contributed by atoms with Gasteiger partial charge in [0, 0.05) is 24.2 Å². The van der Waals surface area contributed by atoms with Crippen LogP contribution in [0.1, 0.15) is 43.0 Å². The minimum Gasteiger partial charge on any atom is -0.493 e. The summed E-state index contributed by atoms with van der Waals surface area (Å²) in [5, 5.41) is 0. The normalized spacial score (nSPS) is 17.1. The average Bonchev–Trinajstić information content (AvgIpc) is 2.84. The zero-order valence-corrected chi connectivity index (χ0v) is 21.0. The second kappa shape index (κ2) is 11.1. The third-order valence-electron chi connectivity index (χ3n) is 6.04. The van der Waals surface area contributed by atoms with E-state index in [1.165, 1.54) is 24.0 Å². The van der Waals surface area contributed by atoms with Crippen LogP contribution in [0, 0.1) is 5.82 Å². The quantitative estimate of drug-likeness (QED) is 0.433. The number of hydrogen-bond donors (Lipinski definition) is 0. The third kappa shape index (κ3) is 5.83. The van der Waals surface area contributed by atoms with E-state index in [1.807, 2.05) is 0 Å². The smallest absolute Gasteiger partial charge is 0.416 e. The molecule has 0 bridgehead atoms. The Balaban J connectivity index is 2.16. The number of methoxy groups -OCH3 is 3. The second-order valence-electron chi connectivity index (χ2n) is 8.38. The van der Waals surface area contributed by atoms with E-state index < -0.39 is 48.4 Å². The molecule has 0 aliphatic carbocycles. The molecule has 0 spiro atoms. The number of hydrogen-bond acceptors (Lipinski definition) is 6. The summed E-state index contributed by atoms with van der Waals surface area (Å²) in [4.78, 5) is 28.4. The predicted molar refractivity (Wildman–Crippen MR) is 125 cm³/mol. The summed E-state index contributed by atoms with van der Waals surface area (Å²) in [6.07, 6.45) is -6.06.